The number of hydrogen-bond acceptors (Lipinski definition) is 3. The molecule has 1 aliphatic heterocycles. The molecule has 0 aliphatic carbocycles. The molecule has 1 aromatic rings. The zero-order valence-corrected chi connectivity index (χ0v) is 8.70. The second-order valence-electron chi connectivity index (χ2n) is 3.65. The number of methoxy groups -OCH3 is 1. The molecule has 1 aliphatic rings. The van der Waals surface area contributed by atoms with E-state index in [2.05, 4.69) is 0 Å². The van der Waals surface area contributed by atoms with E-state index in [9.17, 15) is 9.18 Å². The zero-order valence-electron chi connectivity index (χ0n) is 8.70. The molecule has 1 heterocycles. The first-order valence-corrected chi connectivity index (χ1v) is 4.84. The Morgan fingerprint density at radius 1 is 1.62 bits per heavy atom. The van der Waals surface area contributed by atoms with Crippen molar-refractivity contribution in [3.05, 3.63) is 23.5 Å². The van der Waals surface area contributed by atoms with Crippen molar-refractivity contribution in [3.63, 3.8) is 0 Å². The van der Waals surface area contributed by atoms with Gasteiger partial charge in [0.2, 0.25) is 0 Å². The van der Waals surface area contributed by atoms with Crippen LogP contribution in [-0.2, 0) is 11.2 Å². The molecule has 4 nitrogen and oxygen atoms in total. The number of rotatable bonds is 2. The highest BCUT2D eigenvalue weighted by Gasteiger charge is 2.28. The van der Waals surface area contributed by atoms with Crippen molar-refractivity contribution in [2.75, 3.05) is 13.7 Å². The monoisotopic (exact) mass is 226 g/mol. The van der Waals surface area contributed by atoms with Gasteiger partial charge in [0, 0.05) is 11.6 Å². The SMILES string of the molecule is COc1cc(F)cc2c1OC[C@H](C(=O)O)C2. The number of aliphatic carboxylic acids is 1. The summed E-state index contributed by atoms with van der Waals surface area (Å²) in [5, 5.41) is 8.85. The topological polar surface area (TPSA) is 55.8 Å². The third-order valence-electron chi connectivity index (χ3n) is 2.56. The molecule has 1 atom stereocenters. The summed E-state index contributed by atoms with van der Waals surface area (Å²) in [6.45, 7) is 0.0876. The Morgan fingerprint density at radius 3 is 3.00 bits per heavy atom. The third kappa shape index (κ3) is 1.80. The second-order valence-corrected chi connectivity index (χ2v) is 3.65. The number of hydrogen-bond donors (Lipinski definition) is 1. The van der Waals surface area contributed by atoms with Crippen molar-refractivity contribution in [2.24, 2.45) is 5.92 Å². The van der Waals surface area contributed by atoms with Crippen LogP contribution in [0.1, 0.15) is 5.56 Å². The van der Waals surface area contributed by atoms with Gasteiger partial charge in [-0.15, -0.1) is 0 Å². The summed E-state index contributed by atoms with van der Waals surface area (Å²) in [5.41, 5.74) is 0.538. The molecule has 0 saturated carbocycles. The quantitative estimate of drug-likeness (QED) is 0.829. The molecule has 0 bridgehead atoms. The standard InChI is InChI=1S/C11H11FO4/c1-15-9-4-8(12)3-6-2-7(11(13)14)5-16-10(6)9/h3-4,7H,2,5H2,1H3,(H,13,14)/t7-/m1/s1. The van der Waals surface area contributed by atoms with Crippen LogP contribution in [0.5, 0.6) is 11.5 Å². The number of halogens is 1. The van der Waals surface area contributed by atoms with Gasteiger partial charge in [-0.05, 0) is 12.5 Å². The van der Waals surface area contributed by atoms with Gasteiger partial charge in [0.15, 0.2) is 11.5 Å². The van der Waals surface area contributed by atoms with Crippen LogP contribution in [0.15, 0.2) is 12.1 Å². The largest absolute Gasteiger partial charge is 0.493 e. The van der Waals surface area contributed by atoms with Crippen LogP contribution < -0.4 is 9.47 Å². The highest BCUT2D eigenvalue weighted by molar-refractivity contribution is 5.71. The lowest BCUT2D eigenvalue weighted by Gasteiger charge is -2.24. The average Bonchev–Trinajstić information content (AvgIpc) is 2.26. The first-order valence-electron chi connectivity index (χ1n) is 4.84. The first-order chi connectivity index (χ1) is 7.61. The molecular weight excluding hydrogens is 215 g/mol. The molecule has 1 N–H and O–H groups in total. The zero-order chi connectivity index (χ0) is 11.7. The van der Waals surface area contributed by atoms with Gasteiger partial charge in [0.1, 0.15) is 12.4 Å². The highest BCUT2D eigenvalue weighted by Crippen LogP contribution is 2.37. The molecule has 5 heteroatoms. The molecular formula is C11H11FO4. The Balaban J connectivity index is 2.38. The maximum Gasteiger partial charge on any atom is 0.310 e. The smallest absolute Gasteiger partial charge is 0.310 e. The normalized spacial score (nSPS) is 18.5. The number of fused-ring (bicyclic) bond motifs is 1. The van der Waals surface area contributed by atoms with E-state index < -0.39 is 17.7 Å². The van der Waals surface area contributed by atoms with E-state index in [1.165, 1.54) is 19.2 Å². The van der Waals surface area contributed by atoms with Crippen LogP contribution in [0.3, 0.4) is 0 Å². The molecule has 0 aromatic heterocycles. The van der Waals surface area contributed by atoms with Crippen molar-refractivity contribution in [1.29, 1.82) is 0 Å². The maximum atomic E-state index is 13.2. The van der Waals surface area contributed by atoms with Gasteiger partial charge in [0.25, 0.3) is 0 Å². The Bertz CT molecular complexity index is 430. The van der Waals surface area contributed by atoms with Crippen molar-refractivity contribution in [2.45, 2.75) is 6.42 Å². The molecule has 0 amide bonds. The number of carboxylic acid groups (broad SMARTS) is 1. The molecule has 2 rings (SSSR count). The van der Waals surface area contributed by atoms with Crippen LogP contribution in [0.2, 0.25) is 0 Å². The summed E-state index contributed by atoms with van der Waals surface area (Å²) in [5.74, 6) is -1.27. The van der Waals surface area contributed by atoms with Gasteiger partial charge < -0.3 is 14.6 Å². The van der Waals surface area contributed by atoms with Crippen molar-refractivity contribution in [1.82, 2.24) is 0 Å². The minimum absolute atomic E-state index is 0.0876. The first kappa shape index (κ1) is 10.7. The van der Waals surface area contributed by atoms with Crippen LogP contribution >= 0.6 is 0 Å². The van der Waals surface area contributed by atoms with E-state index in [0.717, 1.165) is 0 Å². The molecule has 16 heavy (non-hydrogen) atoms. The number of benzene rings is 1. The lowest BCUT2D eigenvalue weighted by Crippen LogP contribution is -2.28. The molecule has 0 saturated heterocycles. The maximum absolute atomic E-state index is 13.2. The molecule has 0 spiro atoms. The van der Waals surface area contributed by atoms with E-state index >= 15 is 0 Å². The van der Waals surface area contributed by atoms with Crippen LogP contribution in [-0.4, -0.2) is 24.8 Å². The second kappa shape index (κ2) is 4.00. The fourth-order valence-electron chi connectivity index (χ4n) is 1.76. The predicted octanol–water partition coefficient (Wildman–Crippen LogP) is 1.47. The Morgan fingerprint density at radius 2 is 2.38 bits per heavy atom. The summed E-state index contributed by atoms with van der Waals surface area (Å²) < 4.78 is 23.5. The Labute approximate surface area is 91.6 Å². The molecule has 0 unspecified atom stereocenters. The Kier molecular flexibility index (Phi) is 2.68. The van der Waals surface area contributed by atoms with E-state index in [4.69, 9.17) is 14.6 Å². The number of carboxylic acids is 1. The summed E-state index contributed by atoms with van der Waals surface area (Å²) in [4.78, 5) is 10.8. The van der Waals surface area contributed by atoms with Gasteiger partial charge in [-0.2, -0.15) is 0 Å². The summed E-state index contributed by atoms with van der Waals surface area (Å²) in [7, 11) is 1.42. The third-order valence-corrected chi connectivity index (χ3v) is 2.56. The molecule has 1 aromatic carbocycles. The highest BCUT2D eigenvalue weighted by atomic mass is 19.1. The summed E-state index contributed by atoms with van der Waals surface area (Å²) in [6.07, 6.45) is 0.263. The van der Waals surface area contributed by atoms with E-state index in [1.807, 2.05) is 0 Å². The van der Waals surface area contributed by atoms with Crippen molar-refractivity contribution < 1.29 is 23.8 Å². The minimum atomic E-state index is -0.936. The molecule has 0 fully saturated rings. The van der Waals surface area contributed by atoms with E-state index in [1.54, 1.807) is 0 Å². The van der Waals surface area contributed by atoms with Gasteiger partial charge in [0.05, 0.1) is 13.0 Å². The van der Waals surface area contributed by atoms with Gasteiger partial charge >= 0.3 is 5.97 Å². The predicted molar refractivity (Wildman–Crippen MR) is 53.3 cm³/mol. The van der Waals surface area contributed by atoms with Crippen molar-refractivity contribution >= 4 is 5.97 Å². The van der Waals surface area contributed by atoms with Gasteiger partial charge in [-0.1, -0.05) is 0 Å². The lowest BCUT2D eigenvalue weighted by atomic mass is 9.96. The molecule has 86 valence electrons. The van der Waals surface area contributed by atoms with Crippen LogP contribution in [0.25, 0.3) is 0 Å². The number of ether oxygens (including phenoxy) is 2. The van der Waals surface area contributed by atoms with Crippen LogP contribution in [0, 0.1) is 11.7 Å². The van der Waals surface area contributed by atoms with Gasteiger partial charge in [-0.3, -0.25) is 4.79 Å². The van der Waals surface area contributed by atoms with E-state index in [-0.39, 0.29) is 13.0 Å². The fourth-order valence-corrected chi connectivity index (χ4v) is 1.76. The average molecular weight is 226 g/mol. The number of carbonyl (C=O) groups is 1. The summed E-state index contributed by atoms with van der Waals surface area (Å²) in [6, 6.07) is 2.51. The van der Waals surface area contributed by atoms with Crippen molar-refractivity contribution in [3.8, 4) is 11.5 Å². The fraction of sp³-hybridized carbons (Fsp3) is 0.364. The van der Waals surface area contributed by atoms with Crippen LogP contribution in [0.4, 0.5) is 4.39 Å². The van der Waals surface area contributed by atoms with E-state index in [0.29, 0.717) is 17.1 Å². The lowest BCUT2D eigenvalue weighted by molar-refractivity contribution is -0.143. The molecule has 0 radical (unpaired) electrons. The minimum Gasteiger partial charge on any atom is -0.493 e. The Hall–Kier alpha value is -1.78. The van der Waals surface area contributed by atoms with Gasteiger partial charge in [-0.25, -0.2) is 4.39 Å². The summed E-state index contributed by atoms with van der Waals surface area (Å²) >= 11 is 0.